The summed E-state index contributed by atoms with van der Waals surface area (Å²) in [5, 5.41) is 2.95. The highest BCUT2D eigenvalue weighted by atomic mass is 16.2. The van der Waals surface area contributed by atoms with Crippen LogP contribution in [0.3, 0.4) is 0 Å². The number of anilines is 1. The number of aryl methyl sites for hydroxylation is 3. The summed E-state index contributed by atoms with van der Waals surface area (Å²) in [7, 11) is 0. The van der Waals surface area contributed by atoms with Gasteiger partial charge in [-0.25, -0.2) is 0 Å². The van der Waals surface area contributed by atoms with Gasteiger partial charge in [0.2, 0.25) is 0 Å². The molecule has 2 heterocycles. The first-order valence-electron chi connectivity index (χ1n) is 8.59. The van der Waals surface area contributed by atoms with Crippen LogP contribution in [0.25, 0.3) is 0 Å². The number of nitrogens with one attached hydrogen (secondary N) is 1. The summed E-state index contributed by atoms with van der Waals surface area (Å²) in [5.41, 5.74) is 4.86. The molecule has 2 amide bonds. The van der Waals surface area contributed by atoms with Gasteiger partial charge in [0.05, 0.1) is 11.1 Å². The first kappa shape index (κ1) is 17.1. The van der Waals surface area contributed by atoms with E-state index in [1.54, 1.807) is 6.07 Å². The van der Waals surface area contributed by atoms with Crippen molar-refractivity contribution in [2.45, 2.75) is 33.6 Å². The molecule has 2 aromatic rings. The third-order valence-electron chi connectivity index (χ3n) is 4.56. The van der Waals surface area contributed by atoms with E-state index in [0.29, 0.717) is 11.1 Å². The van der Waals surface area contributed by atoms with Crippen LogP contribution >= 0.6 is 0 Å². The van der Waals surface area contributed by atoms with E-state index in [0.717, 1.165) is 48.3 Å². The molecule has 3 rings (SSSR count). The zero-order valence-electron chi connectivity index (χ0n) is 14.9. The molecule has 1 aromatic heterocycles. The van der Waals surface area contributed by atoms with Crippen LogP contribution in [0, 0.1) is 20.8 Å². The minimum atomic E-state index is -0.251. The van der Waals surface area contributed by atoms with Crippen LogP contribution < -0.4 is 5.32 Å². The number of pyridine rings is 1. The molecule has 5 nitrogen and oxygen atoms in total. The second kappa shape index (κ2) is 7.05. The van der Waals surface area contributed by atoms with Crippen molar-refractivity contribution in [1.29, 1.82) is 0 Å². The van der Waals surface area contributed by atoms with Gasteiger partial charge in [0.25, 0.3) is 11.8 Å². The first-order chi connectivity index (χ1) is 12.0. The Morgan fingerprint density at radius 3 is 2.20 bits per heavy atom. The van der Waals surface area contributed by atoms with Gasteiger partial charge < -0.3 is 10.2 Å². The highest BCUT2D eigenvalue weighted by molar-refractivity contribution is 6.06. The van der Waals surface area contributed by atoms with E-state index in [-0.39, 0.29) is 11.8 Å². The van der Waals surface area contributed by atoms with E-state index >= 15 is 0 Å². The molecule has 1 N–H and O–H groups in total. The molecule has 0 atom stereocenters. The summed E-state index contributed by atoms with van der Waals surface area (Å²) in [4.78, 5) is 31.0. The lowest BCUT2D eigenvalue weighted by Gasteiger charge is -2.16. The van der Waals surface area contributed by atoms with Crippen LogP contribution in [-0.2, 0) is 0 Å². The molecule has 1 aliphatic heterocycles. The van der Waals surface area contributed by atoms with Gasteiger partial charge in [0.15, 0.2) is 0 Å². The Kier molecular flexibility index (Phi) is 4.83. The number of nitrogens with zero attached hydrogens (tertiary/aromatic N) is 2. The molecule has 1 saturated heterocycles. The van der Waals surface area contributed by atoms with E-state index < -0.39 is 0 Å². The topological polar surface area (TPSA) is 62.3 Å². The maximum atomic E-state index is 12.6. The number of carbonyl (C=O) groups is 2. The Labute approximate surface area is 148 Å². The van der Waals surface area contributed by atoms with Crippen molar-refractivity contribution in [3.05, 3.63) is 58.4 Å². The van der Waals surface area contributed by atoms with Crippen molar-refractivity contribution < 1.29 is 9.59 Å². The largest absolute Gasteiger partial charge is 0.339 e. The average molecular weight is 337 g/mol. The summed E-state index contributed by atoms with van der Waals surface area (Å²) in [6, 6.07) is 5.70. The van der Waals surface area contributed by atoms with Crippen LogP contribution in [-0.4, -0.2) is 34.8 Å². The summed E-state index contributed by atoms with van der Waals surface area (Å²) >= 11 is 0. The minimum Gasteiger partial charge on any atom is -0.339 e. The third kappa shape index (κ3) is 3.71. The van der Waals surface area contributed by atoms with E-state index in [9.17, 15) is 9.59 Å². The molecular weight excluding hydrogens is 314 g/mol. The lowest BCUT2D eigenvalue weighted by molar-refractivity contribution is 0.0792. The monoisotopic (exact) mass is 337 g/mol. The summed E-state index contributed by atoms with van der Waals surface area (Å²) < 4.78 is 0. The van der Waals surface area contributed by atoms with Gasteiger partial charge in [0, 0.05) is 31.2 Å². The van der Waals surface area contributed by atoms with Gasteiger partial charge >= 0.3 is 0 Å². The summed E-state index contributed by atoms with van der Waals surface area (Å²) in [5.74, 6) is -0.305. The molecule has 0 spiro atoms. The minimum absolute atomic E-state index is 0.0534. The van der Waals surface area contributed by atoms with E-state index in [1.165, 1.54) is 12.4 Å². The fraction of sp³-hybridized carbons (Fsp3) is 0.350. The van der Waals surface area contributed by atoms with Crippen LogP contribution in [0.15, 0.2) is 30.6 Å². The number of carbonyl (C=O) groups excluding carboxylic acids is 2. The van der Waals surface area contributed by atoms with Crippen LogP contribution in [0.4, 0.5) is 5.69 Å². The van der Waals surface area contributed by atoms with Gasteiger partial charge in [-0.15, -0.1) is 0 Å². The third-order valence-corrected chi connectivity index (χ3v) is 4.56. The van der Waals surface area contributed by atoms with Crippen molar-refractivity contribution in [3.8, 4) is 0 Å². The second-order valence-electron chi connectivity index (χ2n) is 6.69. The smallest absolute Gasteiger partial charge is 0.257 e. The van der Waals surface area contributed by atoms with Crippen molar-refractivity contribution >= 4 is 17.5 Å². The second-order valence-corrected chi connectivity index (χ2v) is 6.69. The normalized spacial score (nSPS) is 13.8. The average Bonchev–Trinajstić information content (AvgIpc) is 3.12. The Bertz CT molecular complexity index is 800. The summed E-state index contributed by atoms with van der Waals surface area (Å²) in [6.07, 6.45) is 5.09. The van der Waals surface area contributed by atoms with E-state index in [2.05, 4.69) is 10.3 Å². The first-order valence-corrected chi connectivity index (χ1v) is 8.59. The number of benzene rings is 1. The molecule has 0 aliphatic carbocycles. The lowest BCUT2D eigenvalue weighted by atomic mass is 10.0. The number of hydrogen-bond acceptors (Lipinski definition) is 3. The standard InChI is InChI=1S/C20H23N3O2/c1-13-8-14(2)18(15(3)9-13)22-19(24)16-10-17(12-21-11-16)20(25)23-6-4-5-7-23/h8-12H,4-7H2,1-3H3,(H,22,24). The van der Waals surface area contributed by atoms with Crippen molar-refractivity contribution in [3.63, 3.8) is 0 Å². The fourth-order valence-electron chi connectivity index (χ4n) is 3.35. The molecule has 1 fully saturated rings. The van der Waals surface area contributed by atoms with Crippen LogP contribution in [0.2, 0.25) is 0 Å². The lowest BCUT2D eigenvalue weighted by Crippen LogP contribution is -2.28. The highest BCUT2D eigenvalue weighted by Crippen LogP contribution is 2.23. The maximum absolute atomic E-state index is 12.6. The van der Waals surface area contributed by atoms with Gasteiger partial charge in [0.1, 0.15) is 0 Å². The molecule has 0 bridgehead atoms. The Balaban J connectivity index is 1.81. The number of amides is 2. The predicted molar refractivity (Wildman–Crippen MR) is 98.0 cm³/mol. The Morgan fingerprint density at radius 2 is 1.56 bits per heavy atom. The van der Waals surface area contributed by atoms with Crippen LogP contribution in [0.1, 0.15) is 50.2 Å². The van der Waals surface area contributed by atoms with Gasteiger partial charge in [-0.1, -0.05) is 17.7 Å². The highest BCUT2D eigenvalue weighted by Gasteiger charge is 2.21. The molecular formula is C20H23N3O2. The van der Waals surface area contributed by atoms with Crippen LogP contribution in [0.5, 0.6) is 0 Å². The molecule has 1 aliphatic rings. The molecule has 5 heteroatoms. The van der Waals surface area contributed by atoms with Gasteiger partial charge in [-0.05, 0) is 50.8 Å². The van der Waals surface area contributed by atoms with Crippen molar-refractivity contribution in [2.75, 3.05) is 18.4 Å². The number of aromatic nitrogens is 1. The quantitative estimate of drug-likeness (QED) is 0.932. The molecule has 1 aromatic carbocycles. The van der Waals surface area contributed by atoms with Gasteiger partial charge in [-0.3, -0.25) is 14.6 Å². The van der Waals surface area contributed by atoms with Gasteiger partial charge in [-0.2, -0.15) is 0 Å². The zero-order valence-corrected chi connectivity index (χ0v) is 14.9. The summed E-state index contributed by atoms with van der Waals surface area (Å²) in [6.45, 7) is 7.53. The molecule has 130 valence electrons. The molecule has 0 saturated carbocycles. The number of rotatable bonds is 3. The maximum Gasteiger partial charge on any atom is 0.257 e. The zero-order chi connectivity index (χ0) is 18.0. The van der Waals surface area contributed by atoms with Crippen molar-refractivity contribution in [2.24, 2.45) is 0 Å². The van der Waals surface area contributed by atoms with Crippen molar-refractivity contribution in [1.82, 2.24) is 9.88 Å². The number of likely N-dealkylation sites (tertiary alicyclic amines) is 1. The number of hydrogen-bond donors (Lipinski definition) is 1. The predicted octanol–water partition coefficient (Wildman–Crippen LogP) is 3.50. The molecule has 0 radical (unpaired) electrons. The Hall–Kier alpha value is -2.69. The van der Waals surface area contributed by atoms with E-state index in [1.807, 2.05) is 37.8 Å². The molecule has 0 unspecified atom stereocenters. The SMILES string of the molecule is Cc1cc(C)c(NC(=O)c2cncc(C(=O)N3CCCC3)c2)c(C)c1. The Morgan fingerprint density at radius 1 is 0.960 bits per heavy atom. The fourth-order valence-corrected chi connectivity index (χ4v) is 3.35. The van der Waals surface area contributed by atoms with E-state index in [4.69, 9.17) is 0 Å². The molecule has 25 heavy (non-hydrogen) atoms.